The maximum atomic E-state index is 12.9. The zero-order chi connectivity index (χ0) is 22.8. The Labute approximate surface area is 195 Å². The van der Waals surface area contributed by atoms with Gasteiger partial charge in [-0.25, -0.2) is 14.8 Å². The molecule has 0 unspecified atom stereocenters. The standard InChI is InChI=1S/C22H26ClN5O3S/c1-13-7-15(8-17(30)12-29)10-24-20(13)27-5-6-28(14(2)11-27)22(31)26-21-25-18-4-3-16(23)9-19(18)32-21/h3-4,7,9-10,14,17,29-30H,5-6,8,11-12H2,1-2H3,(H,25,26,31)/t14-,17-/m1/s1. The number of carbonyl (C=O) groups is 1. The fourth-order valence-electron chi connectivity index (χ4n) is 3.97. The Morgan fingerprint density at radius 1 is 1.38 bits per heavy atom. The van der Waals surface area contributed by atoms with E-state index in [0.29, 0.717) is 36.2 Å². The molecular formula is C22H26ClN5O3S. The van der Waals surface area contributed by atoms with Crippen LogP contribution in [0.4, 0.5) is 15.7 Å². The summed E-state index contributed by atoms with van der Waals surface area (Å²) in [6.07, 6.45) is 1.33. The number of hydrogen-bond acceptors (Lipinski definition) is 7. The molecule has 10 heteroatoms. The van der Waals surface area contributed by atoms with E-state index in [1.807, 2.05) is 36.9 Å². The summed E-state index contributed by atoms with van der Waals surface area (Å²) in [4.78, 5) is 25.9. The minimum atomic E-state index is -0.781. The van der Waals surface area contributed by atoms with Gasteiger partial charge in [-0.1, -0.05) is 29.0 Å². The molecule has 3 N–H and O–H groups in total. The molecule has 0 aliphatic carbocycles. The molecule has 2 atom stereocenters. The molecule has 8 nitrogen and oxygen atoms in total. The van der Waals surface area contributed by atoms with Crippen molar-refractivity contribution in [3.63, 3.8) is 0 Å². The molecule has 1 aliphatic rings. The summed E-state index contributed by atoms with van der Waals surface area (Å²) in [6, 6.07) is 7.29. The Kier molecular flexibility index (Phi) is 6.80. The van der Waals surface area contributed by atoms with Crippen molar-refractivity contribution in [2.75, 3.05) is 36.5 Å². The average molecular weight is 476 g/mol. The van der Waals surface area contributed by atoms with Gasteiger partial charge in [-0.15, -0.1) is 0 Å². The number of aryl methyl sites for hydroxylation is 1. The number of nitrogens with one attached hydrogen (secondary N) is 1. The first kappa shape index (κ1) is 22.7. The molecule has 0 saturated carbocycles. The van der Waals surface area contributed by atoms with Crippen molar-refractivity contribution in [1.29, 1.82) is 0 Å². The van der Waals surface area contributed by atoms with E-state index < -0.39 is 6.10 Å². The normalized spacial score (nSPS) is 17.6. The minimum Gasteiger partial charge on any atom is -0.394 e. The highest BCUT2D eigenvalue weighted by molar-refractivity contribution is 7.22. The third-order valence-corrected chi connectivity index (χ3v) is 6.71. The van der Waals surface area contributed by atoms with Gasteiger partial charge < -0.3 is 20.0 Å². The van der Waals surface area contributed by atoms with Crippen molar-refractivity contribution in [3.8, 4) is 0 Å². The van der Waals surface area contributed by atoms with E-state index in [-0.39, 0.29) is 18.7 Å². The highest BCUT2D eigenvalue weighted by atomic mass is 35.5. The van der Waals surface area contributed by atoms with Crippen LogP contribution in [0, 0.1) is 6.92 Å². The quantitative estimate of drug-likeness (QED) is 0.523. The summed E-state index contributed by atoms with van der Waals surface area (Å²) in [5, 5.41) is 22.8. The third-order valence-electron chi connectivity index (χ3n) is 5.54. The second-order valence-corrected chi connectivity index (χ2v) is 9.54. The molecule has 4 rings (SSSR count). The second kappa shape index (κ2) is 9.58. The van der Waals surface area contributed by atoms with Crippen molar-refractivity contribution in [2.24, 2.45) is 0 Å². The Hall–Kier alpha value is -2.46. The molecule has 1 aromatic carbocycles. The van der Waals surface area contributed by atoms with Gasteiger partial charge in [-0.3, -0.25) is 5.32 Å². The first-order valence-electron chi connectivity index (χ1n) is 10.5. The second-order valence-electron chi connectivity index (χ2n) is 8.07. The minimum absolute atomic E-state index is 0.00957. The molecular weight excluding hydrogens is 450 g/mol. The van der Waals surface area contributed by atoms with Crippen LogP contribution < -0.4 is 10.2 Å². The van der Waals surface area contributed by atoms with Gasteiger partial charge in [0.2, 0.25) is 0 Å². The number of fused-ring (bicyclic) bond motifs is 1. The van der Waals surface area contributed by atoms with Gasteiger partial charge in [0.1, 0.15) is 5.82 Å². The summed E-state index contributed by atoms with van der Waals surface area (Å²) in [5.74, 6) is 0.877. The Morgan fingerprint density at radius 3 is 2.91 bits per heavy atom. The number of hydrogen-bond donors (Lipinski definition) is 3. The predicted molar refractivity (Wildman–Crippen MR) is 128 cm³/mol. The highest BCUT2D eigenvalue weighted by Crippen LogP contribution is 2.29. The van der Waals surface area contributed by atoms with E-state index in [2.05, 4.69) is 20.2 Å². The highest BCUT2D eigenvalue weighted by Gasteiger charge is 2.29. The Bertz CT molecular complexity index is 1120. The number of pyridine rings is 1. The number of aromatic nitrogens is 2. The number of aliphatic hydroxyl groups is 2. The summed E-state index contributed by atoms with van der Waals surface area (Å²) in [7, 11) is 0. The molecule has 0 radical (unpaired) electrons. The van der Waals surface area contributed by atoms with Gasteiger partial charge in [0.05, 0.1) is 22.9 Å². The van der Waals surface area contributed by atoms with Crippen molar-refractivity contribution >= 4 is 50.1 Å². The van der Waals surface area contributed by atoms with Gasteiger partial charge in [0, 0.05) is 43.3 Å². The van der Waals surface area contributed by atoms with Crippen LogP contribution in [0.2, 0.25) is 5.02 Å². The van der Waals surface area contributed by atoms with E-state index in [0.717, 1.165) is 27.2 Å². The number of nitrogens with zero attached hydrogens (tertiary/aromatic N) is 4. The predicted octanol–water partition coefficient (Wildman–Crippen LogP) is 3.29. The van der Waals surface area contributed by atoms with Crippen LogP contribution in [0.3, 0.4) is 0 Å². The van der Waals surface area contributed by atoms with Crippen LogP contribution in [0.5, 0.6) is 0 Å². The van der Waals surface area contributed by atoms with Crippen LogP contribution in [-0.4, -0.2) is 69.5 Å². The number of piperazine rings is 1. The fraction of sp³-hybridized carbons (Fsp3) is 0.409. The van der Waals surface area contributed by atoms with Crippen molar-refractivity contribution in [3.05, 3.63) is 46.6 Å². The third kappa shape index (κ3) is 4.96. The first-order valence-corrected chi connectivity index (χ1v) is 11.7. The number of anilines is 2. The van der Waals surface area contributed by atoms with Crippen molar-refractivity contribution in [1.82, 2.24) is 14.9 Å². The Balaban J connectivity index is 1.39. The van der Waals surface area contributed by atoms with Crippen molar-refractivity contribution < 1.29 is 15.0 Å². The maximum Gasteiger partial charge on any atom is 0.324 e. The number of halogens is 1. The number of amides is 2. The van der Waals surface area contributed by atoms with Crippen LogP contribution in [0.1, 0.15) is 18.1 Å². The number of thiazole rings is 1. The van der Waals surface area contributed by atoms with E-state index in [1.54, 1.807) is 12.3 Å². The molecule has 3 aromatic rings. The number of rotatable bonds is 5. The number of carbonyl (C=O) groups excluding carboxylic acids is 1. The van der Waals surface area contributed by atoms with E-state index >= 15 is 0 Å². The lowest BCUT2D eigenvalue weighted by molar-refractivity contribution is 0.0954. The van der Waals surface area contributed by atoms with Crippen LogP contribution in [-0.2, 0) is 6.42 Å². The average Bonchev–Trinajstić information content (AvgIpc) is 3.14. The monoisotopic (exact) mass is 475 g/mol. The summed E-state index contributed by atoms with van der Waals surface area (Å²) >= 11 is 7.44. The molecule has 1 aliphatic heterocycles. The largest absolute Gasteiger partial charge is 0.394 e. The molecule has 0 bridgehead atoms. The topological polar surface area (TPSA) is 102 Å². The van der Waals surface area contributed by atoms with Crippen molar-refractivity contribution in [2.45, 2.75) is 32.4 Å². The van der Waals surface area contributed by atoms with E-state index in [9.17, 15) is 9.90 Å². The number of benzene rings is 1. The lowest BCUT2D eigenvalue weighted by Crippen LogP contribution is -2.55. The first-order chi connectivity index (χ1) is 15.3. The molecule has 2 amide bonds. The molecule has 1 fully saturated rings. The SMILES string of the molecule is Cc1cc(C[C@@H](O)CO)cnc1N1CCN(C(=O)Nc2nc3ccc(Cl)cc3s2)[C@H](C)C1. The zero-order valence-corrected chi connectivity index (χ0v) is 19.5. The van der Waals surface area contributed by atoms with E-state index in [4.69, 9.17) is 16.7 Å². The Morgan fingerprint density at radius 2 is 2.19 bits per heavy atom. The van der Waals surface area contributed by atoms with Gasteiger partial charge in [-0.2, -0.15) is 0 Å². The summed E-state index contributed by atoms with van der Waals surface area (Å²) in [6.45, 7) is 5.63. The van der Waals surface area contributed by atoms with Crippen LogP contribution in [0.25, 0.3) is 10.2 Å². The molecule has 170 valence electrons. The smallest absolute Gasteiger partial charge is 0.324 e. The molecule has 0 spiro atoms. The maximum absolute atomic E-state index is 12.9. The molecule has 1 saturated heterocycles. The fourth-order valence-corrected chi connectivity index (χ4v) is 5.10. The lowest BCUT2D eigenvalue weighted by atomic mass is 10.1. The van der Waals surface area contributed by atoms with Gasteiger partial charge >= 0.3 is 6.03 Å². The molecule has 3 heterocycles. The summed E-state index contributed by atoms with van der Waals surface area (Å²) in [5.41, 5.74) is 2.70. The summed E-state index contributed by atoms with van der Waals surface area (Å²) < 4.78 is 0.933. The van der Waals surface area contributed by atoms with Gasteiger partial charge in [0.15, 0.2) is 5.13 Å². The van der Waals surface area contributed by atoms with Crippen LogP contribution >= 0.6 is 22.9 Å². The number of urea groups is 1. The zero-order valence-electron chi connectivity index (χ0n) is 18.0. The lowest BCUT2D eigenvalue weighted by Gasteiger charge is -2.40. The van der Waals surface area contributed by atoms with Crippen LogP contribution in [0.15, 0.2) is 30.5 Å². The van der Waals surface area contributed by atoms with Gasteiger partial charge in [-0.05, 0) is 43.2 Å². The molecule has 32 heavy (non-hydrogen) atoms. The number of aliphatic hydroxyl groups excluding tert-OH is 2. The van der Waals surface area contributed by atoms with E-state index in [1.165, 1.54) is 11.3 Å². The van der Waals surface area contributed by atoms with Gasteiger partial charge in [0.25, 0.3) is 0 Å². The molecule has 2 aromatic heterocycles.